The number of aryl methyl sites for hydroxylation is 2. The normalized spacial score (nSPS) is 10.9. The molecule has 3 rings (SSSR count). The minimum atomic E-state index is -0.554. The number of aromatic nitrogens is 4. The number of thioether (sulfide) groups is 1. The summed E-state index contributed by atoms with van der Waals surface area (Å²) in [5, 5.41) is 22.1. The summed E-state index contributed by atoms with van der Waals surface area (Å²) >= 11 is 7.17. The van der Waals surface area contributed by atoms with E-state index in [1.165, 1.54) is 30.0 Å². The van der Waals surface area contributed by atoms with Crippen LogP contribution in [-0.4, -0.2) is 36.2 Å². The van der Waals surface area contributed by atoms with E-state index in [9.17, 15) is 14.9 Å². The van der Waals surface area contributed by atoms with Gasteiger partial charge in [0.15, 0.2) is 10.8 Å². The topological polar surface area (TPSA) is 115 Å². The van der Waals surface area contributed by atoms with Crippen LogP contribution in [0, 0.1) is 24.0 Å². The number of benzene rings is 1. The summed E-state index contributed by atoms with van der Waals surface area (Å²) in [6, 6.07) is 5.67. The molecule has 0 fully saturated rings. The average molecular weight is 393 g/mol. The first-order valence-electron chi connectivity index (χ1n) is 7.41. The molecular formula is C15H13ClN6O3S. The summed E-state index contributed by atoms with van der Waals surface area (Å²) < 4.78 is 1.77. The number of carbonyl (C=O) groups excluding carboxylic acids is 1. The van der Waals surface area contributed by atoms with Crippen LogP contribution in [0.2, 0.25) is 5.02 Å². The molecule has 0 radical (unpaired) electrons. The maximum atomic E-state index is 12.2. The number of nitro benzene ring substituents is 1. The zero-order chi connectivity index (χ0) is 18.8. The molecule has 0 atom stereocenters. The fourth-order valence-electron chi connectivity index (χ4n) is 2.33. The van der Waals surface area contributed by atoms with Crippen LogP contribution >= 0.6 is 23.4 Å². The van der Waals surface area contributed by atoms with Crippen molar-refractivity contribution in [3.05, 3.63) is 50.9 Å². The first-order chi connectivity index (χ1) is 12.3. The predicted molar refractivity (Wildman–Crippen MR) is 97.7 cm³/mol. The summed E-state index contributed by atoms with van der Waals surface area (Å²) in [5.41, 5.74) is 1.67. The van der Waals surface area contributed by atoms with E-state index in [1.54, 1.807) is 10.5 Å². The van der Waals surface area contributed by atoms with Crippen molar-refractivity contribution in [2.75, 3.05) is 11.1 Å². The number of carbonyl (C=O) groups is 1. The van der Waals surface area contributed by atoms with Gasteiger partial charge in [0.2, 0.25) is 5.91 Å². The van der Waals surface area contributed by atoms with Crippen molar-refractivity contribution in [3.8, 4) is 0 Å². The molecule has 1 N–H and O–H groups in total. The lowest BCUT2D eigenvalue weighted by atomic mass is 10.3. The molecule has 0 saturated heterocycles. The van der Waals surface area contributed by atoms with Gasteiger partial charge >= 0.3 is 0 Å². The van der Waals surface area contributed by atoms with E-state index in [4.69, 9.17) is 11.6 Å². The van der Waals surface area contributed by atoms with Crippen LogP contribution in [0.1, 0.15) is 11.5 Å². The number of fused-ring (bicyclic) bond motifs is 1. The van der Waals surface area contributed by atoms with E-state index in [-0.39, 0.29) is 22.4 Å². The SMILES string of the molecule is Cc1cc2nnc(SCC(=O)Nc3ccc([N+](=O)[O-])cc3Cl)n2c(C)n1. The highest BCUT2D eigenvalue weighted by Gasteiger charge is 2.14. The van der Waals surface area contributed by atoms with Crippen molar-refractivity contribution in [3.63, 3.8) is 0 Å². The molecule has 0 saturated carbocycles. The van der Waals surface area contributed by atoms with Gasteiger partial charge in [-0.2, -0.15) is 0 Å². The number of nitrogens with zero attached hydrogens (tertiary/aromatic N) is 5. The Balaban J connectivity index is 1.69. The van der Waals surface area contributed by atoms with E-state index in [0.29, 0.717) is 16.5 Å². The second-order valence-corrected chi connectivity index (χ2v) is 6.73. The maximum Gasteiger partial charge on any atom is 0.271 e. The van der Waals surface area contributed by atoms with Crippen molar-refractivity contribution in [1.29, 1.82) is 0 Å². The number of hydrogen-bond acceptors (Lipinski definition) is 7. The van der Waals surface area contributed by atoms with Gasteiger partial charge in [-0.3, -0.25) is 19.3 Å². The van der Waals surface area contributed by atoms with Crippen LogP contribution in [0.5, 0.6) is 0 Å². The van der Waals surface area contributed by atoms with Crippen LogP contribution in [0.25, 0.3) is 5.65 Å². The zero-order valence-corrected chi connectivity index (χ0v) is 15.3. The van der Waals surface area contributed by atoms with Crippen molar-refractivity contribution >= 4 is 46.3 Å². The van der Waals surface area contributed by atoms with Gasteiger partial charge < -0.3 is 5.32 Å². The second kappa shape index (κ2) is 7.26. The van der Waals surface area contributed by atoms with E-state index in [2.05, 4.69) is 20.5 Å². The summed E-state index contributed by atoms with van der Waals surface area (Å²) in [4.78, 5) is 26.7. The molecule has 0 unspecified atom stereocenters. The summed E-state index contributed by atoms with van der Waals surface area (Å²) in [6.07, 6.45) is 0. The number of hydrogen-bond donors (Lipinski definition) is 1. The van der Waals surface area contributed by atoms with Gasteiger partial charge in [-0.15, -0.1) is 10.2 Å². The first-order valence-corrected chi connectivity index (χ1v) is 8.77. The Labute approximate surface area is 156 Å². The number of non-ortho nitro benzene ring substituents is 1. The Bertz CT molecular complexity index is 1020. The number of amides is 1. The maximum absolute atomic E-state index is 12.2. The van der Waals surface area contributed by atoms with E-state index in [1.807, 2.05) is 13.8 Å². The molecule has 0 spiro atoms. The van der Waals surface area contributed by atoms with Crippen LogP contribution < -0.4 is 5.32 Å². The third kappa shape index (κ3) is 3.75. The molecule has 1 aromatic carbocycles. The zero-order valence-electron chi connectivity index (χ0n) is 13.8. The van der Waals surface area contributed by atoms with Gasteiger partial charge in [0.1, 0.15) is 5.82 Å². The molecule has 2 aromatic heterocycles. The minimum absolute atomic E-state index is 0.0709. The van der Waals surface area contributed by atoms with E-state index in [0.717, 1.165) is 11.5 Å². The lowest BCUT2D eigenvalue weighted by Gasteiger charge is -2.07. The van der Waals surface area contributed by atoms with Crippen molar-refractivity contribution in [2.24, 2.45) is 0 Å². The Kier molecular flexibility index (Phi) is 5.05. The van der Waals surface area contributed by atoms with E-state index >= 15 is 0 Å². The molecule has 9 nitrogen and oxygen atoms in total. The predicted octanol–water partition coefficient (Wildman–Crippen LogP) is 3.03. The molecule has 2 heterocycles. The minimum Gasteiger partial charge on any atom is -0.324 e. The van der Waals surface area contributed by atoms with Gasteiger partial charge in [-0.25, -0.2) is 4.98 Å². The molecule has 0 aliphatic heterocycles. The quantitative estimate of drug-likeness (QED) is 0.403. The van der Waals surface area contributed by atoms with Gasteiger partial charge in [0.25, 0.3) is 5.69 Å². The van der Waals surface area contributed by atoms with Crippen molar-refractivity contribution in [2.45, 2.75) is 19.0 Å². The number of halogens is 1. The molecule has 3 aromatic rings. The molecule has 134 valence electrons. The summed E-state index contributed by atoms with van der Waals surface area (Å²) in [5.74, 6) is 0.480. The van der Waals surface area contributed by atoms with Gasteiger partial charge in [-0.1, -0.05) is 23.4 Å². The fourth-order valence-corrected chi connectivity index (χ4v) is 3.34. The molecule has 0 aliphatic rings. The van der Waals surface area contributed by atoms with E-state index < -0.39 is 4.92 Å². The first kappa shape index (κ1) is 18.1. The molecule has 11 heteroatoms. The number of nitro groups is 1. The Morgan fingerprint density at radius 1 is 1.35 bits per heavy atom. The highest BCUT2D eigenvalue weighted by Crippen LogP contribution is 2.27. The summed E-state index contributed by atoms with van der Waals surface area (Å²) in [7, 11) is 0. The lowest BCUT2D eigenvalue weighted by molar-refractivity contribution is -0.384. The highest BCUT2D eigenvalue weighted by molar-refractivity contribution is 7.99. The third-order valence-corrected chi connectivity index (χ3v) is 4.67. The number of rotatable bonds is 5. The largest absolute Gasteiger partial charge is 0.324 e. The lowest BCUT2D eigenvalue weighted by Crippen LogP contribution is -2.14. The molecule has 1 amide bonds. The standard InChI is InChI=1S/C15H13ClN6O3S/c1-8-5-13-19-20-15(21(13)9(2)17-8)26-7-14(23)18-12-4-3-10(22(24)25)6-11(12)16/h3-6H,7H2,1-2H3,(H,18,23). The average Bonchev–Trinajstić information content (AvgIpc) is 2.97. The van der Waals surface area contributed by atoms with Crippen LogP contribution in [0.4, 0.5) is 11.4 Å². The van der Waals surface area contributed by atoms with Gasteiger partial charge in [-0.05, 0) is 19.9 Å². The smallest absolute Gasteiger partial charge is 0.271 e. The van der Waals surface area contributed by atoms with Gasteiger partial charge in [0, 0.05) is 23.9 Å². The molecule has 26 heavy (non-hydrogen) atoms. The fraction of sp³-hybridized carbons (Fsp3) is 0.200. The second-order valence-electron chi connectivity index (χ2n) is 5.38. The Morgan fingerprint density at radius 2 is 2.12 bits per heavy atom. The monoisotopic (exact) mass is 392 g/mol. The molecule has 0 aliphatic carbocycles. The van der Waals surface area contributed by atoms with Crippen molar-refractivity contribution in [1.82, 2.24) is 19.6 Å². The Hall–Kier alpha value is -2.72. The Morgan fingerprint density at radius 3 is 2.81 bits per heavy atom. The number of anilines is 1. The molecular weight excluding hydrogens is 380 g/mol. The van der Waals surface area contributed by atoms with Crippen LogP contribution in [0.3, 0.4) is 0 Å². The number of nitrogens with one attached hydrogen (secondary N) is 1. The summed E-state index contributed by atoms with van der Waals surface area (Å²) in [6.45, 7) is 3.71. The van der Waals surface area contributed by atoms with Gasteiger partial charge in [0.05, 0.1) is 21.4 Å². The highest BCUT2D eigenvalue weighted by atomic mass is 35.5. The third-order valence-electron chi connectivity index (χ3n) is 3.43. The van der Waals surface area contributed by atoms with Crippen LogP contribution in [-0.2, 0) is 4.79 Å². The van der Waals surface area contributed by atoms with Crippen molar-refractivity contribution < 1.29 is 9.72 Å². The van der Waals surface area contributed by atoms with Crippen LogP contribution in [0.15, 0.2) is 29.4 Å². The molecule has 0 bridgehead atoms.